The zero-order valence-electron chi connectivity index (χ0n) is 30.0. The number of likely N-dealkylation sites (tertiary alicyclic amines) is 2. The summed E-state index contributed by atoms with van der Waals surface area (Å²) in [5.74, 6) is 5.33. The van der Waals surface area contributed by atoms with Crippen LogP contribution in [0, 0.1) is 17.8 Å². The first-order valence-electron chi connectivity index (χ1n) is 18.1. The average molecular weight is 736 g/mol. The lowest BCUT2D eigenvalue weighted by molar-refractivity contribution is -0.133. The summed E-state index contributed by atoms with van der Waals surface area (Å²) in [6.45, 7) is 9.57. The summed E-state index contributed by atoms with van der Waals surface area (Å²) in [7, 11) is 0. The lowest BCUT2D eigenvalue weighted by Gasteiger charge is -2.28. The molecule has 3 heterocycles. The van der Waals surface area contributed by atoms with Gasteiger partial charge in [-0.05, 0) is 75.9 Å². The molecule has 278 valence electrons. The molecule has 0 radical (unpaired) electrons. The smallest absolute Gasteiger partial charge is 0.411 e. The summed E-state index contributed by atoms with van der Waals surface area (Å²) in [5, 5.41) is 6.11. The maximum atomic E-state index is 14.4. The predicted octanol–water partition coefficient (Wildman–Crippen LogP) is 4.15. The molecule has 11 nitrogen and oxygen atoms in total. The number of hydrogen-bond acceptors (Lipinski definition) is 7. The molecule has 3 saturated heterocycles. The van der Waals surface area contributed by atoms with Crippen LogP contribution in [0.2, 0.25) is 5.02 Å². The second-order valence-electron chi connectivity index (χ2n) is 15.1. The number of hydrogen-bond donors (Lipinski definition) is 2. The van der Waals surface area contributed by atoms with Gasteiger partial charge in [-0.25, -0.2) is 9.18 Å². The SMILES string of the molecule is CC(C)(C)OC(=O)N1C[C@@H](F)C[C@H]1C(=O)N[C@@H]1C[C@H](CNC(=O)c2ccc(C#Cc3ccc(CN4CCOCC4)cc3)cc2Cl)N(C(=O)C2CC2)C1. The summed E-state index contributed by atoms with van der Waals surface area (Å²) < 4.78 is 25.3. The van der Waals surface area contributed by atoms with Crippen LogP contribution >= 0.6 is 11.6 Å². The molecule has 6 rings (SSSR count). The van der Waals surface area contributed by atoms with Crippen molar-refractivity contribution in [3.8, 4) is 11.8 Å². The largest absolute Gasteiger partial charge is 0.444 e. The molecule has 52 heavy (non-hydrogen) atoms. The number of nitrogens with zero attached hydrogens (tertiary/aromatic N) is 3. The van der Waals surface area contributed by atoms with E-state index in [9.17, 15) is 23.6 Å². The van der Waals surface area contributed by atoms with Crippen molar-refractivity contribution in [2.24, 2.45) is 5.92 Å². The molecule has 3 aliphatic heterocycles. The molecule has 4 aliphatic rings. The van der Waals surface area contributed by atoms with E-state index in [4.69, 9.17) is 21.1 Å². The molecular formula is C39H47ClFN5O6. The first-order chi connectivity index (χ1) is 24.8. The zero-order valence-corrected chi connectivity index (χ0v) is 30.7. The molecule has 2 N–H and O–H groups in total. The number of carbonyl (C=O) groups is 4. The quantitative estimate of drug-likeness (QED) is 0.391. The van der Waals surface area contributed by atoms with Gasteiger partial charge in [-0.2, -0.15) is 0 Å². The Kier molecular flexibility index (Phi) is 11.7. The average Bonchev–Trinajstić information content (AvgIpc) is 3.76. The van der Waals surface area contributed by atoms with E-state index in [1.165, 1.54) is 5.56 Å². The topological polar surface area (TPSA) is 121 Å². The van der Waals surface area contributed by atoms with E-state index < -0.39 is 35.9 Å². The van der Waals surface area contributed by atoms with Crippen LogP contribution in [-0.2, 0) is 25.6 Å². The van der Waals surface area contributed by atoms with E-state index in [-0.39, 0.29) is 60.4 Å². The van der Waals surface area contributed by atoms with Gasteiger partial charge in [0.1, 0.15) is 17.8 Å². The van der Waals surface area contributed by atoms with Crippen LogP contribution in [0.4, 0.5) is 9.18 Å². The number of amides is 4. The fraction of sp³-hybridized carbons (Fsp3) is 0.538. The molecule has 2 aromatic rings. The van der Waals surface area contributed by atoms with Gasteiger partial charge >= 0.3 is 6.09 Å². The van der Waals surface area contributed by atoms with E-state index in [1.807, 2.05) is 12.1 Å². The van der Waals surface area contributed by atoms with Crippen molar-refractivity contribution in [3.63, 3.8) is 0 Å². The van der Waals surface area contributed by atoms with Crippen LogP contribution in [0.25, 0.3) is 0 Å². The van der Waals surface area contributed by atoms with Gasteiger partial charge in [0.15, 0.2) is 0 Å². The van der Waals surface area contributed by atoms with E-state index in [2.05, 4.69) is 39.5 Å². The molecule has 4 fully saturated rings. The Balaban J connectivity index is 1.04. The Morgan fingerprint density at radius 3 is 2.33 bits per heavy atom. The third kappa shape index (κ3) is 9.82. The maximum absolute atomic E-state index is 14.4. The van der Waals surface area contributed by atoms with Crippen molar-refractivity contribution in [1.82, 2.24) is 25.3 Å². The lowest BCUT2D eigenvalue weighted by atomic mass is 10.1. The van der Waals surface area contributed by atoms with Crippen molar-refractivity contribution in [2.75, 3.05) is 45.9 Å². The molecule has 2 aromatic carbocycles. The van der Waals surface area contributed by atoms with Crippen molar-refractivity contribution >= 4 is 35.4 Å². The third-order valence-corrected chi connectivity index (χ3v) is 9.99. The summed E-state index contributed by atoms with van der Waals surface area (Å²) >= 11 is 6.55. The van der Waals surface area contributed by atoms with Crippen LogP contribution in [0.5, 0.6) is 0 Å². The normalized spacial score (nSPS) is 23.5. The molecule has 4 amide bonds. The number of carbonyl (C=O) groups excluding carboxylic acids is 4. The molecule has 0 bridgehead atoms. The number of halogens is 2. The minimum atomic E-state index is -1.35. The fourth-order valence-electron chi connectivity index (χ4n) is 6.84. The summed E-state index contributed by atoms with van der Waals surface area (Å²) in [6, 6.07) is 11.4. The maximum Gasteiger partial charge on any atom is 0.411 e. The molecule has 0 spiro atoms. The standard InChI is InChI=1S/C39H47ClFN5O6/c1-39(2,3)52-38(50)46-23-29(41)19-34(46)36(48)43-30-20-31(45(24-30)37(49)28-11-12-28)21-42-35(47)32-13-10-26(18-33(32)40)7-4-25-5-8-27(9-6-25)22-44-14-16-51-17-15-44/h5-6,8-10,13,18,28-31,34H,11-12,14-17,19-24H2,1-3H3,(H,42,47)(H,43,48)/t29-,30+,31+,34-/m0/s1. The van der Waals surface area contributed by atoms with E-state index in [1.54, 1.807) is 43.9 Å². The highest BCUT2D eigenvalue weighted by atomic mass is 35.5. The molecule has 0 aromatic heterocycles. The van der Waals surface area contributed by atoms with Crippen LogP contribution in [0.1, 0.15) is 73.5 Å². The second-order valence-corrected chi connectivity index (χ2v) is 15.5. The predicted molar refractivity (Wildman–Crippen MR) is 193 cm³/mol. The molecular weight excluding hydrogens is 689 g/mol. The number of ether oxygens (including phenoxy) is 2. The van der Waals surface area contributed by atoms with Crippen molar-refractivity contribution in [2.45, 2.75) is 82.9 Å². The van der Waals surface area contributed by atoms with Gasteiger partial charge in [-0.15, -0.1) is 0 Å². The van der Waals surface area contributed by atoms with Gasteiger partial charge in [0.05, 0.1) is 36.4 Å². The summed E-state index contributed by atoms with van der Waals surface area (Å²) in [4.78, 5) is 57.8. The van der Waals surface area contributed by atoms with E-state index in [0.717, 1.165) is 56.2 Å². The van der Waals surface area contributed by atoms with Gasteiger partial charge in [-0.3, -0.25) is 24.2 Å². The number of morpholine rings is 1. The first-order valence-corrected chi connectivity index (χ1v) is 18.4. The highest BCUT2D eigenvalue weighted by Gasteiger charge is 2.45. The second kappa shape index (κ2) is 16.2. The van der Waals surface area contributed by atoms with Crippen molar-refractivity contribution in [1.29, 1.82) is 0 Å². The van der Waals surface area contributed by atoms with Crippen LogP contribution in [-0.4, -0.2) is 114 Å². The molecule has 1 saturated carbocycles. The fourth-order valence-corrected chi connectivity index (χ4v) is 7.11. The monoisotopic (exact) mass is 735 g/mol. The van der Waals surface area contributed by atoms with E-state index >= 15 is 0 Å². The Hall–Kier alpha value is -4.18. The Bertz CT molecular complexity index is 1710. The van der Waals surface area contributed by atoms with Gasteiger partial charge < -0.3 is 25.0 Å². The van der Waals surface area contributed by atoms with Gasteiger partial charge in [0, 0.05) is 62.2 Å². The Labute approximate surface area is 309 Å². The van der Waals surface area contributed by atoms with Crippen LogP contribution in [0.15, 0.2) is 42.5 Å². The Morgan fingerprint density at radius 1 is 0.962 bits per heavy atom. The number of nitrogens with one attached hydrogen (secondary N) is 2. The number of alkyl halides is 1. The molecule has 1 aliphatic carbocycles. The van der Waals surface area contributed by atoms with Crippen LogP contribution < -0.4 is 10.6 Å². The number of benzene rings is 2. The van der Waals surface area contributed by atoms with Gasteiger partial charge in [0.2, 0.25) is 11.8 Å². The highest BCUT2D eigenvalue weighted by Crippen LogP contribution is 2.34. The highest BCUT2D eigenvalue weighted by molar-refractivity contribution is 6.34. The summed E-state index contributed by atoms with van der Waals surface area (Å²) in [6.07, 6.45) is -0.217. The van der Waals surface area contributed by atoms with E-state index in [0.29, 0.717) is 12.0 Å². The van der Waals surface area contributed by atoms with Crippen molar-refractivity contribution < 1.29 is 33.0 Å². The minimum absolute atomic E-state index is 0.0104. The van der Waals surface area contributed by atoms with Crippen LogP contribution in [0.3, 0.4) is 0 Å². The molecule has 13 heteroatoms. The zero-order chi connectivity index (χ0) is 37.0. The number of rotatable bonds is 8. The first kappa shape index (κ1) is 37.6. The Morgan fingerprint density at radius 2 is 1.65 bits per heavy atom. The third-order valence-electron chi connectivity index (χ3n) is 9.68. The van der Waals surface area contributed by atoms with Gasteiger partial charge in [-0.1, -0.05) is 35.6 Å². The minimum Gasteiger partial charge on any atom is -0.444 e. The molecule has 4 atom stereocenters. The lowest BCUT2D eigenvalue weighted by Crippen LogP contribution is -2.50. The van der Waals surface area contributed by atoms with Crippen molar-refractivity contribution in [3.05, 3.63) is 69.7 Å². The summed E-state index contributed by atoms with van der Waals surface area (Å²) in [5.41, 5.74) is 2.25. The van der Waals surface area contributed by atoms with Gasteiger partial charge in [0.25, 0.3) is 5.91 Å². The molecule has 0 unspecified atom stereocenters.